The van der Waals surface area contributed by atoms with E-state index in [-0.39, 0.29) is 39.2 Å². The molecule has 0 amide bonds. The molecular weight excluding hydrogens is 780 g/mol. The van der Waals surface area contributed by atoms with Crippen LogP contribution in [-0.4, -0.2) is 6.71 Å². The minimum absolute atomic E-state index is 0.000105. The quantitative estimate of drug-likeness (QED) is 0.163. The van der Waals surface area contributed by atoms with Crippen LogP contribution in [0.5, 0.6) is 0 Å². The monoisotopic (exact) mass is 851 g/mol. The molecule has 326 valence electrons. The lowest BCUT2D eigenvalue weighted by atomic mass is 9.36. The zero-order chi connectivity index (χ0) is 45.6. The summed E-state index contributed by atoms with van der Waals surface area (Å²) in [6.45, 7) is 40.7. The molecule has 4 heteroatoms. The van der Waals surface area contributed by atoms with Crippen LogP contribution in [0.15, 0.2) is 97.1 Å². The van der Waals surface area contributed by atoms with Gasteiger partial charge in [-0.2, -0.15) is 11.3 Å². The zero-order valence-electron chi connectivity index (χ0n) is 41.5. The fraction of sp³-hybridized carbons (Fsp3) is 0.424. The van der Waals surface area contributed by atoms with Crippen LogP contribution in [-0.2, 0) is 32.5 Å². The van der Waals surface area contributed by atoms with Crippen molar-refractivity contribution in [2.45, 2.75) is 163 Å². The van der Waals surface area contributed by atoms with Crippen LogP contribution >= 0.6 is 11.3 Å². The van der Waals surface area contributed by atoms with Gasteiger partial charge in [0, 0.05) is 38.0 Å². The first-order valence-corrected chi connectivity index (χ1v) is 24.4. The van der Waals surface area contributed by atoms with Gasteiger partial charge in [-0.05, 0) is 145 Å². The number of rotatable bonds is 3. The highest BCUT2D eigenvalue weighted by atomic mass is 32.1. The molecule has 0 N–H and O–H groups in total. The van der Waals surface area contributed by atoms with Gasteiger partial charge in [0.1, 0.15) is 0 Å². The Balaban J connectivity index is 1.45. The number of fused-ring (bicyclic) bond motifs is 6. The summed E-state index contributed by atoms with van der Waals surface area (Å²) in [5.74, 6) is 0. The average molecular weight is 851 g/mol. The third-order valence-corrected chi connectivity index (χ3v) is 16.3. The van der Waals surface area contributed by atoms with Gasteiger partial charge in [0.25, 0.3) is 6.71 Å². The van der Waals surface area contributed by atoms with Crippen LogP contribution < -0.4 is 25.5 Å². The summed E-state index contributed by atoms with van der Waals surface area (Å²) in [5.41, 5.74) is 21.5. The summed E-state index contributed by atoms with van der Waals surface area (Å²) < 4.78 is 1.49. The molecule has 9 rings (SSSR count). The first kappa shape index (κ1) is 43.7. The first-order chi connectivity index (χ1) is 29.2. The van der Waals surface area contributed by atoms with E-state index in [4.69, 9.17) is 0 Å². The fourth-order valence-electron chi connectivity index (χ4n) is 10.6. The molecule has 0 fully saturated rings. The summed E-state index contributed by atoms with van der Waals surface area (Å²) in [4.78, 5) is 6.99. The number of nitrogens with zero attached hydrogens (tertiary/aromatic N) is 2. The van der Waals surface area contributed by atoms with Crippen LogP contribution in [0.4, 0.5) is 34.1 Å². The second kappa shape index (κ2) is 14.2. The van der Waals surface area contributed by atoms with Gasteiger partial charge in [-0.3, -0.25) is 0 Å². The van der Waals surface area contributed by atoms with E-state index in [0.717, 1.165) is 6.42 Å². The molecule has 0 saturated heterocycles. The van der Waals surface area contributed by atoms with E-state index >= 15 is 0 Å². The Bertz CT molecular complexity index is 2760. The Labute approximate surface area is 385 Å². The number of thiophene rings is 1. The molecule has 3 heterocycles. The van der Waals surface area contributed by atoms with Crippen molar-refractivity contribution in [1.82, 2.24) is 0 Å². The van der Waals surface area contributed by atoms with Crippen molar-refractivity contribution in [3.05, 3.63) is 135 Å². The van der Waals surface area contributed by atoms with Crippen LogP contribution in [0, 0.1) is 6.92 Å². The molecule has 1 aromatic heterocycles. The number of hydrogen-bond acceptors (Lipinski definition) is 3. The first-order valence-electron chi connectivity index (χ1n) is 23.6. The summed E-state index contributed by atoms with van der Waals surface area (Å²) in [6, 6.07) is 38.5. The lowest BCUT2D eigenvalue weighted by Gasteiger charge is -2.46. The van der Waals surface area contributed by atoms with Crippen molar-refractivity contribution in [3.63, 3.8) is 0 Å². The summed E-state index contributed by atoms with van der Waals surface area (Å²) in [5, 5.41) is 0. The molecule has 3 aliphatic rings. The van der Waals surface area contributed by atoms with Crippen molar-refractivity contribution in [1.29, 1.82) is 0 Å². The van der Waals surface area contributed by atoms with Crippen LogP contribution in [0.25, 0.3) is 11.1 Å². The van der Waals surface area contributed by atoms with E-state index in [1.165, 1.54) is 95.2 Å². The third-order valence-electron chi connectivity index (χ3n) is 14.7. The van der Waals surface area contributed by atoms with E-state index in [9.17, 15) is 0 Å². The lowest BCUT2D eigenvalue weighted by Crippen LogP contribution is -2.60. The summed E-state index contributed by atoms with van der Waals surface area (Å²) >= 11 is 2.12. The summed E-state index contributed by atoms with van der Waals surface area (Å²) in [6.07, 6.45) is 2.35. The standard InChI is InChI=1S/C59H71BN2S/c1-36-29-47-50-48(30-36)62(45-26-24-38(54(2,3)4)34-43(45)37-21-19-18-20-22-37)51-49-52(59(16,17)28-27-58(49,14)15)63-53(51)60(50)44-25-23-39(55(5,6)7)35-46(44)61(47)42-32-40(56(8,9)10)31-41(33-42)57(11,12)13/h18-26,29-35H,27-28H2,1-17H3. The van der Waals surface area contributed by atoms with E-state index < -0.39 is 0 Å². The lowest BCUT2D eigenvalue weighted by molar-refractivity contribution is 0.339. The highest BCUT2D eigenvalue weighted by Crippen LogP contribution is 2.57. The van der Waals surface area contributed by atoms with Crippen LogP contribution in [0.1, 0.15) is 162 Å². The maximum atomic E-state index is 2.75. The molecule has 2 aliphatic heterocycles. The molecular formula is C59H71BN2S. The van der Waals surface area contributed by atoms with Crippen molar-refractivity contribution < 1.29 is 0 Å². The van der Waals surface area contributed by atoms with Gasteiger partial charge in [0.2, 0.25) is 0 Å². The van der Waals surface area contributed by atoms with Crippen LogP contribution in [0.3, 0.4) is 0 Å². The van der Waals surface area contributed by atoms with E-state index in [1.807, 2.05) is 0 Å². The Morgan fingerprint density at radius 1 is 0.524 bits per heavy atom. The molecule has 0 radical (unpaired) electrons. The van der Waals surface area contributed by atoms with Gasteiger partial charge in [-0.15, -0.1) is 0 Å². The number of hydrogen-bond donors (Lipinski definition) is 0. The Morgan fingerprint density at radius 3 is 1.65 bits per heavy atom. The zero-order valence-corrected chi connectivity index (χ0v) is 42.3. The van der Waals surface area contributed by atoms with E-state index in [0.29, 0.717) is 0 Å². The molecule has 6 aromatic rings. The maximum Gasteiger partial charge on any atom is 0.264 e. The number of benzene rings is 5. The second-order valence-electron chi connectivity index (χ2n) is 24.7. The van der Waals surface area contributed by atoms with Crippen molar-refractivity contribution in [2.24, 2.45) is 0 Å². The number of anilines is 6. The molecule has 1 aliphatic carbocycles. The molecule has 63 heavy (non-hydrogen) atoms. The largest absolute Gasteiger partial charge is 0.311 e. The molecule has 0 atom stereocenters. The van der Waals surface area contributed by atoms with Crippen LogP contribution in [0.2, 0.25) is 0 Å². The van der Waals surface area contributed by atoms with Crippen molar-refractivity contribution in [2.75, 3.05) is 9.80 Å². The Kier molecular flexibility index (Phi) is 9.87. The molecule has 0 unspecified atom stereocenters. The summed E-state index contributed by atoms with van der Waals surface area (Å²) in [7, 11) is 0. The predicted octanol–water partition coefficient (Wildman–Crippen LogP) is 15.3. The molecule has 0 bridgehead atoms. The van der Waals surface area contributed by atoms with Gasteiger partial charge < -0.3 is 9.80 Å². The predicted molar refractivity (Wildman–Crippen MR) is 279 cm³/mol. The van der Waals surface area contributed by atoms with Gasteiger partial charge in [-0.1, -0.05) is 165 Å². The molecule has 2 nitrogen and oxygen atoms in total. The van der Waals surface area contributed by atoms with Crippen molar-refractivity contribution in [3.8, 4) is 11.1 Å². The highest BCUT2D eigenvalue weighted by Gasteiger charge is 2.51. The Hall–Kier alpha value is -4.54. The van der Waals surface area contributed by atoms with Gasteiger partial charge in [0.05, 0.1) is 11.4 Å². The molecule has 0 saturated carbocycles. The van der Waals surface area contributed by atoms with Gasteiger partial charge in [-0.25, -0.2) is 0 Å². The topological polar surface area (TPSA) is 6.48 Å². The number of aryl methyl sites for hydroxylation is 1. The van der Waals surface area contributed by atoms with E-state index in [2.05, 4.69) is 236 Å². The smallest absolute Gasteiger partial charge is 0.264 e. The fourth-order valence-corrected chi connectivity index (χ4v) is 12.3. The third kappa shape index (κ3) is 7.22. The minimum atomic E-state index is -0.0230. The Morgan fingerprint density at radius 2 is 1.06 bits per heavy atom. The highest BCUT2D eigenvalue weighted by molar-refractivity contribution is 7.29. The van der Waals surface area contributed by atoms with Gasteiger partial charge in [0.15, 0.2) is 0 Å². The normalized spacial score (nSPS) is 16.7. The average Bonchev–Trinajstić information content (AvgIpc) is 3.61. The molecule has 5 aromatic carbocycles. The van der Waals surface area contributed by atoms with Crippen molar-refractivity contribution >= 4 is 67.9 Å². The second-order valence-corrected chi connectivity index (χ2v) is 25.8. The maximum absolute atomic E-state index is 2.75. The van der Waals surface area contributed by atoms with Gasteiger partial charge >= 0.3 is 0 Å². The minimum Gasteiger partial charge on any atom is -0.311 e. The van der Waals surface area contributed by atoms with E-state index in [1.54, 1.807) is 10.4 Å². The SMILES string of the molecule is Cc1cc2c3c(c1)N(c1ccc(C(C)(C)C)cc1-c1ccccc1)c1c(sc4c1C(C)(C)CCC4(C)C)B3c1ccc(C(C)(C)C)cc1N2c1cc(C(C)(C)C)cc(C(C)(C)C)c1. The molecule has 0 spiro atoms.